The molecule has 2 aliphatic rings. The van der Waals surface area contributed by atoms with Crippen LogP contribution in [-0.2, 0) is 31.3 Å². The first kappa shape index (κ1) is 27.7. The quantitative estimate of drug-likeness (QED) is 0.325. The number of rotatable bonds is 5. The first-order chi connectivity index (χ1) is 17.8. The smallest absolute Gasteiger partial charge is 0.410 e. The van der Waals surface area contributed by atoms with E-state index in [9.17, 15) is 23.0 Å². The molecule has 3 N–H and O–H groups in total. The number of pyridine rings is 1. The second-order valence-electron chi connectivity index (χ2n) is 10.1. The number of halogens is 2. The predicted molar refractivity (Wildman–Crippen MR) is 140 cm³/mol. The van der Waals surface area contributed by atoms with E-state index in [0.717, 1.165) is 17.2 Å². The number of carbonyl (C=O) groups excluding carboxylic acids is 3. The van der Waals surface area contributed by atoms with Gasteiger partial charge in [0, 0.05) is 43.4 Å². The van der Waals surface area contributed by atoms with Gasteiger partial charge in [-0.3, -0.25) is 14.6 Å². The van der Waals surface area contributed by atoms with Gasteiger partial charge in [0.05, 0.1) is 10.7 Å². The summed E-state index contributed by atoms with van der Waals surface area (Å²) in [6.45, 7) is 6.33. The van der Waals surface area contributed by atoms with Crippen LogP contribution in [0.2, 0.25) is 5.02 Å². The lowest BCUT2D eigenvalue weighted by atomic mass is 9.95. The van der Waals surface area contributed by atoms with Crippen LogP contribution in [0, 0.1) is 11.2 Å². The van der Waals surface area contributed by atoms with Gasteiger partial charge < -0.3 is 19.9 Å². The van der Waals surface area contributed by atoms with Gasteiger partial charge in [0.1, 0.15) is 12.3 Å². The van der Waals surface area contributed by atoms with Crippen LogP contribution in [0.4, 0.5) is 14.9 Å². The molecule has 1 aromatic heterocycles. The first-order valence-corrected chi connectivity index (χ1v) is 13.4. The fraction of sp³-hybridized carbons (Fsp3) is 0.360. The van der Waals surface area contributed by atoms with E-state index in [1.807, 2.05) is 0 Å². The summed E-state index contributed by atoms with van der Waals surface area (Å²) in [4.78, 5) is 45.2. The van der Waals surface area contributed by atoms with Crippen LogP contribution in [0.5, 0.6) is 0 Å². The van der Waals surface area contributed by atoms with Gasteiger partial charge in [-0.1, -0.05) is 36.6 Å². The zero-order valence-electron chi connectivity index (χ0n) is 21.1. The number of thiol groups is 1. The summed E-state index contributed by atoms with van der Waals surface area (Å²) in [6, 6.07) is 5.24. The number of nitrogens with two attached hydrogens (primary N) is 1. The molecular weight excluding hydrogens is 537 g/mol. The van der Waals surface area contributed by atoms with Crippen molar-refractivity contribution >= 4 is 46.2 Å². The van der Waals surface area contributed by atoms with Crippen molar-refractivity contribution in [2.24, 2.45) is 10.6 Å². The largest absolute Gasteiger partial charge is 0.443 e. The number of aromatic nitrogens is 1. The standard InChI is InChI=1S/C25H27ClFN5O5S/c1-25(2,3)23(34)30-19-7-17(26)8-29-20(19)13-37-24(35)32-11-15-9-31(10-16(15)12-32)22(33)14-4-5-21(38(28)36)18(27)6-14/h4-8H,9-13H2,1-3H3,(H2,28,36)(H,30,34)/p+1. The molecule has 10 nitrogen and oxygen atoms in total. The van der Waals surface area contributed by atoms with Crippen LogP contribution in [0.15, 0.2) is 46.5 Å². The van der Waals surface area contributed by atoms with E-state index in [0.29, 0.717) is 42.6 Å². The number of nitrogens with one attached hydrogen (secondary N) is 1. The third-order valence-corrected chi connectivity index (χ3v) is 7.25. The lowest BCUT2D eigenvalue weighted by molar-refractivity contribution is -0.123. The Morgan fingerprint density at radius 1 is 1.13 bits per heavy atom. The van der Waals surface area contributed by atoms with Crippen molar-refractivity contribution in [2.45, 2.75) is 32.3 Å². The molecule has 0 aliphatic carbocycles. The predicted octanol–water partition coefficient (Wildman–Crippen LogP) is 3.19. The molecule has 3 amide bonds. The first-order valence-electron chi connectivity index (χ1n) is 11.7. The number of amides is 3. The van der Waals surface area contributed by atoms with Crippen LogP contribution in [0.1, 0.15) is 36.8 Å². The van der Waals surface area contributed by atoms with Crippen molar-refractivity contribution in [1.29, 1.82) is 0 Å². The van der Waals surface area contributed by atoms with Crippen LogP contribution in [0.3, 0.4) is 0 Å². The van der Waals surface area contributed by atoms with Crippen molar-refractivity contribution < 1.29 is 27.7 Å². The Balaban J connectivity index is 1.33. The van der Waals surface area contributed by atoms with Crippen molar-refractivity contribution in [2.75, 3.05) is 31.5 Å². The second kappa shape index (κ2) is 10.8. The van der Waals surface area contributed by atoms with Crippen molar-refractivity contribution in [3.8, 4) is 0 Å². The summed E-state index contributed by atoms with van der Waals surface area (Å²) in [6.07, 6.45) is 0.848. The molecule has 38 heavy (non-hydrogen) atoms. The Labute approximate surface area is 226 Å². The van der Waals surface area contributed by atoms with Gasteiger partial charge in [-0.05, 0) is 35.4 Å². The maximum Gasteiger partial charge on any atom is 0.410 e. The molecule has 0 bridgehead atoms. The molecular formula is C25H28ClFN5O5S+. The number of benzene rings is 1. The Morgan fingerprint density at radius 3 is 2.34 bits per heavy atom. The summed E-state index contributed by atoms with van der Waals surface area (Å²) in [7, 11) is -2.34. The number of hydrogen-bond donors (Lipinski definition) is 2. The van der Waals surface area contributed by atoms with Gasteiger partial charge in [0.25, 0.3) is 5.91 Å². The number of anilines is 1. The van der Waals surface area contributed by atoms with Gasteiger partial charge in [-0.15, -0.1) is 5.14 Å². The Hall–Kier alpha value is -3.35. The van der Waals surface area contributed by atoms with E-state index < -0.39 is 28.3 Å². The molecule has 1 unspecified atom stereocenters. The molecule has 0 radical (unpaired) electrons. The molecule has 0 saturated heterocycles. The van der Waals surface area contributed by atoms with Gasteiger partial charge >= 0.3 is 6.09 Å². The highest BCUT2D eigenvalue weighted by Gasteiger charge is 2.35. The number of hydrogen-bond acceptors (Lipinski definition) is 6. The van der Waals surface area contributed by atoms with Crippen LogP contribution in [-0.4, -0.2) is 58.9 Å². The fourth-order valence-electron chi connectivity index (χ4n) is 4.08. The van der Waals surface area contributed by atoms with Gasteiger partial charge in [0.15, 0.2) is 16.8 Å². The topological polar surface area (TPSA) is 135 Å². The average Bonchev–Trinajstić information content (AvgIpc) is 3.41. The summed E-state index contributed by atoms with van der Waals surface area (Å²) < 4.78 is 31.0. The maximum absolute atomic E-state index is 14.1. The zero-order valence-corrected chi connectivity index (χ0v) is 22.7. The van der Waals surface area contributed by atoms with Crippen LogP contribution < -0.4 is 10.5 Å². The lowest BCUT2D eigenvalue weighted by Gasteiger charge is -2.23. The second-order valence-corrected chi connectivity index (χ2v) is 11.7. The van der Waals surface area contributed by atoms with Gasteiger partial charge in [-0.2, -0.15) is 0 Å². The minimum Gasteiger partial charge on any atom is -0.443 e. The number of carbonyl (C=O) groups is 3. The molecule has 2 aliphatic heterocycles. The van der Waals surface area contributed by atoms with E-state index in [4.69, 9.17) is 21.5 Å². The van der Waals surface area contributed by atoms with E-state index in [1.165, 1.54) is 23.2 Å². The number of ether oxygens (including phenoxy) is 1. The molecule has 4 rings (SSSR count). The SMILES string of the molecule is CC(C)(C)C(=O)Nc1cc(Cl)cnc1COC(=O)N1CC2=C(C1)CN(C(=O)c1ccc([SH+](N)=O)c(F)c1)C2. The molecule has 0 spiro atoms. The van der Waals surface area contributed by atoms with Crippen molar-refractivity contribution in [3.05, 3.63) is 63.7 Å². The highest BCUT2D eigenvalue weighted by molar-refractivity contribution is 7.82. The van der Waals surface area contributed by atoms with Gasteiger partial charge in [-0.25, -0.2) is 9.18 Å². The van der Waals surface area contributed by atoms with Crippen molar-refractivity contribution in [1.82, 2.24) is 14.8 Å². The Bertz CT molecular complexity index is 1360. The molecule has 202 valence electrons. The highest BCUT2D eigenvalue weighted by Crippen LogP contribution is 2.28. The van der Waals surface area contributed by atoms with Crippen molar-refractivity contribution in [3.63, 3.8) is 0 Å². The number of nitrogens with zero attached hydrogens (tertiary/aromatic N) is 3. The molecule has 0 fully saturated rings. The normalized spacial score (nSPS) is 15.9. The Kier molecular flexibility index (Phi) is 7.86. The Morgan fingerprint density at radius 2 is 1.76 bits per heavy atom. The van der Waals surface area contributed by atoms with E-state index >= 15 is 0 Å². The molecule has 1 aromatic carbocycles. The molecule has 1 atom stereocenters. The summed E-state index contributed by atoms with van der Waals surface area (Å²) in [5.41, 5.74) is 2.04. The maximum atomic E-state index is 14.1. The molecule has 2 aromatic rings. The summed E-state index contributed by atoms with van der Waals surface area (Å²) in [5, 5.41) is 8.37. The fourth-order valence-corrected chi connectivity index (χ4v) is 4.73. The average molecular weight is 565 g/mol. The minimum atomic E-state index is -2.34. The third-order valence-electron chi connectivity index (χ3n) is 6.20. The third kappa shape index (κ3) is 6.03. The van der Waals surface area contributed by atoms with E-state index in [-0.39, 0.29) is 28.9 Å². The zero-order chi connectivity index (χ0) is 27.8. The molecule has 3 heterocycles. The van der Waals surface area contributed by atoms with Crippen LogP contribution in [0.25, 0.3) is 0 Å². The minimum absolute atomic E-state index is 0.130. The lowest BCUT2D eigenvalue weighted by Crippen LogP contribution is -2.36. The van der Waals surface area contributed by atoms with Gasteiger partial charge in [0.2, 0.25) is 10.8 Å². The molecule has 13 heteroatoms. The summed E-state index contributed by atoms with van der Waals surface area (Å²) in [5.74, 6) is -1.39. The van der Waals surface area contributed by atoms with Crippen LogP contribution >= 0.6 is 11.6 Å². The van der Waals surface area contributed by atoms with E-state index in [1.54, 1.807) is 31.7 Å². The highest BCUT2D eigenvalue weighted by atomic mass is 35.5. The monoisotopic (exact) mass is 564 g/mol. The molecule has 0 saturated carbocycles. The summed E-state index contributed by atoms with van der Waals surface area (Å²) >= 11 is 6.04. The van der Waals surface area contributed by atoms with E-state index in [2.05, 4.69) is 10.3 Å².